The van der Waals surface area contributed by atoms with Gasteiger partial charge in [-0.25, -0.2) is 4.68 Å². The Morgan fingerprint density at radius 2 is 2.00 bits per heavy atom. The summed E-state index contributed by atoms with van der Waals surface area (Å²) in [6.45, 7) is 0.657. The monoisotopic (exact) mass is 225 g/mol. The molecule has 84 valence electrons. The Bertz CT molecular complexity index is 697. The molecule has 0 saturated heterocycles. The van der Waals surface area contributed by atoms with Gasteiger partial charge in [-0.2, -0.15) is 5.10 Å². The molecule has 0 atom stereocenters. The average molecular weight is 225 g/mol. The summed E-state index contributed by atoms with van der Waals surface area (Å²) < 4.78 is 1.80. The van der Waals surface area contributed by atoms with Gasteiger partial charge in [-0.05, 0) is 5.56 Å². The van der Waals surface area contributed by atoms with Crippen molar-refractivity contribution in [1.29, 1.82) is 0 Å². The molecule has 17 heavy (non-hydrogen) atoms. The largest absolute Gasteiger partial charge is 0.346 e. The van der Waals surface area contributed by atoms with Gasteiger partial charge in [0.1, 0.15) is 5.65 Å². The maximum Gasteiger partial charge on any atom is 0.192 e. The molecule has 0 aliphatic rings. The Hall–Kier alpha value is -2.36. The van der Waals surface area contributed by atoms with Gasteiger partial charge in [0.15, 0.2) is 5.43 Å². The molecule has 2 aromatic heterocycles. The molecule has 3 aromatic rings. The van der Waals surface area contributed by atoms with Crippen molar-refractivity contribution in [3.8, 4) is 0 Å². The number of H-pyrrole nitrogens is 1. The van der Waals surface area contributed by atoms with Crippen LogP contribution in [-0.4, -0.2) is 14.8 Å². The molecule has 0 amide bonds. The lowest BCUT2D eigenvalue weighted by Gasteiger charge is -2.02. The maximum absolute atomic E-state index is 11.6. The molecule has 0 spiro atoms. The number of hydrogen-bond donors (Lipinski definition) is 1. The minimum absolute atomic E-state index is 0.00179. The topological polar surface area (TPSA) is 50.7 Å². The molecule has 0 radical (unpaired) electrons. The van der Waals surface area contributed by atoms with E-state index in [4.69, 9.17) is 0 Å². The van der Waals surface area contributed by atoms with E-state index in [1.165, 1.54) is 6.07 Å². The number of benzene rings is 1. The Kier molecular flexibility index (Phi) is 2.26. The number of nitrogens with zero attached hydrogens (tertiary/aromatic N) is 2. The molecule has 3 rings (SSSR count). The summed E-state index contributed by atoms with van der Waals surface area (Å²) in [7, 11) is 0. The van der Waals surface area contributed by atoms with Crippen molar-refractivity contribution in [3.63, 3.8) is 0 Å². The molecule has 2 heterocycles. The van der Waals surface area contributed by atoms with Crippen LogP contribution in [0, 0.1) is 0 Å². The van der Waals surface area contributed by atoms with Crippen molar-refractivity contribution >= 4 is 11.0 Å². The van der Waals surface area contributed by atoms with Crippen LogP contribution in [0.3, 0.4) is 0 Å². The van der Waals surface area contributed by atoms with Crippen LogP contribution in [-0.2, 0) is 6.54 Å². The highest BCUT2D eigenvalue weighted by atomic mass is 16.1. The summed E-state index contributed by atoms with van der Waals surface area (Å²) in [5.41, 5.74) is 1.92. The van der Waals surface area contributed by atoms with Gasteiger partial charge in [0.25, 0.3) is 0 Å². The van der Waals surface area contributed by atoms with Crippen molar-refractivity contribution < 1.29 is 0 Å². The molecular formula is C13H11N3O. The van der Waals surface area contributed by atoms with E-state index in [0.29, 0.717) is 11.9 Å². The zero-order chi connectivity index (χ0) is 11.7. The van der Waals surface area contributed by atoms with Crippen LogP contribution in [0.25, 0.3) is 11.0 Å². The predicted octanol–water partition coefficient (Wildman–Crippen LogP) is 1.77. The zero-order valence-corrected chi connectivity index (χ0v) is 9.13. The lowest BCUT2D eigenvalue weighted by Crippen LogP contribution is -2.04. The zero-order valence-electron chi connectivity index (χ0n) is 9.13. The van der Waals surface area contributed by atoms with E-state index in [2.05, 4.69) is 10.1 Å². The lowest BCUT2D eigenvalue weighted by molar-refractivity contribution is 0.704. The fraction of sp³-hybridized carbons (Fsp3) is 0.0769. The molecule has 4 nitrogen and oxygen atoms in total. The van der Waals surface area contributed by atoms with Gasteiger partial charge < -0.3 is 4.98 Å². The number of rotatable bonds is 2. The number of pyridine rings is 1. The van der Waals surface area contributed by atoms with Gasteiger partial charge in [-0.15, -0.1) is 0 Å². The van der Waals surface area contributed by atoms with Crippen molar-refractivity contribution in [1.82, 2.24) is 14.8 Å². The van der Waals surface area contributed by atoms with Gasteiger partial charge in [-0.1, -0.05) is 30.3 Å². The first-order valence-corrected chi connectivity index (χ1v) is 5.42. The number of fused-ring (bicyclic) bond motifs is 1. The normalized spacial score (nSPS) is 10.8. The quantitative estimate of drug-likeness (QED) is 0.722. The minimum atomic E-state index is -0.00179. The second kappa shape index (κ2) is 3.90. The number of aromatic amines is 1. The van der Waals surface area contributed by atoms with E-state index in [1.807, 2.05) is 30.3 Å². The first kappa shape index (κ1) is 9.84. The number of hydrogen-bond acceptors (Lipinski definition) is 2. The molecule has 0 bridgehead atoms. The van der Waals surface area contributed by atoms with Crippen molar-refractivity contribution in [2.24, 2.45) is 0 Å². The summed E-state index contributed by atoms with van der Waals surface area (Å²) >= 11 is 0. The van der Waals surface area contributed by atoms with E-state index in [-0.39, 0.29) is 5.43 Å². The van der Waals surface area contributed by atoms with E-state index >= 15 is 0 Å². The Labute approximate surface area is 97.5 Å². The van der Waals surface area contributed by atoms with Crippen LogP contribution in [0.1, 0.15) is 5.56 Å². The molecule has 0 aliphatic carbocycles. The number of nitrogens with one attached hydrogen (secondary N) is 1. The van der Waals surface area contributed by atoms with Crippen LogP contribution in [0.5, 0.6) is 0 Å². The van der Waals surface area contributed by atoms with Crippen molar-refractivity contribution in [2.75, 3.05) is 0 Å². The summed E-state index contributed by atoms with van der Waals surface area (Å²) in [4.78, 5) is 14.6. The van der Waals surface area contributed by atoms with Crippen LogP contribution in [0.15, 0.2) is 53.6 Å². The molecule has 1 aromatic carbocycles. The van der Waals surface area contributed by atoms with E-state index in [0.717, 1.165) is 11.2 Å². The summed E-state index contributed by atoms with van der Waals surface area (Å²) in [5, 5.41) is 4.87. The van der Waals surface area contributed by atoms with E-state index < -0.39 is 0 Å². The molecule has 4 heteroatoms. The van der Waals surface area contributed by atoms with E-state index in [1.54, 1.807) is 17.1 Å². The highest BCUT2D eigenvalue weighted by molar-refractivity contribution is 5.73. The summed E-state index contributed by atoms with van der Waals surface area (Å²) in [6.07, 6.45) is 3.25. The lowest BCUT2D eigenvalue weighted by atomic mass is 10.2. The minimum Gasteiger partial charge on any atom is -0.346 e. The second-order valence-corrected chi connectivity index (χ2v) is 3.89. The Balaban J connectivity index is 2.08. The Morgan fingerprint density at radius 1 is 1.18 bits per heavy atom. The third-order valence-electron chi connectivity index (χ3n) is 2.73. The fourth-order valence-electron chi connectivity index (χ4n) is 1.88. The fourth-order valence-corrected chi connectivity index (χ4v) is 1.88. The summed E-state index contributed by atoms with van der Waals surface area (Å²) in [6, 6.07) is 11.5. The SMILES string of the molecule is O=c1cc[nH]c2c1cnn2Cc1ccccc1. The van der Waals surface area contributed by atoms with Crippen LogP contribution in [0.2, 0.25) is 0 Å². The standard InChI is InChI=1S/C13H11N3O/c17-12-6-7-14-13-11(12)8-15-16(13)9-10-4-2-1-3-5-10/h1-8H,9H2,(H,14,17). The van der Waals surface area contributed by atoms with Gasteiger partial charge in [0.05, 0.1) is 18.1 Å². The second-order valence-electron chi connectivity index (χ2n) is 3.89. The maximum atomic E-state index is 11.6. The smallest absolute Gasteiger partial charge is 0.192 e. The first-order valence-electron chi connectivity index (χ1n) is 5.42. The molecule has 0 aliphatic heterocycles. The van der Waals surface area contributed by atoms with E-state index in [9.17, 15) is 4.79 Å². The third-order valence-corrected chi connectivity index (χ3v) is 2.73. The van der Waals surface area contributed by atoms with Gasteiger partial charge >= 0.3 is 0 Å². The molecule has 0 saturated carbocycles. The van der Waals surface area contributed by atoms with Gasteiger partial charge in [0.2, 0.25) is 0 Å². The average Bonchev–Trinajstić information content (AvgIpc) is 2.76. The van der Waals surface area contributed by atoms with Crippen molar-refractivity contribution in [2.45, 2.75) is 6.54 Å². The third kappa shape index (κ3) is 1.73. The summed E-state index contributed by atoms with van der Waals surface area (Å²) in [5.74, 6) is 0. The Morgan fingerprint density at radius 3 is 2.82 bits per heavy atom. The predicted molar refractivity (Wildman–Crippen MR) is 65.9 cm³/mol. The molecule has 1 N–H and O–H groups in total. The molecule has 0 unspecified atom stereocenters. The van der Waals surface area contributed by atoms with Crippen LogP contribution in [0.4, 0.5) is 0 Å². The first-order chi connectivity index (χ1) is 8.34. The molecule has 0 fully saturated rings. The highest BCUT2D eigenvalue weighted by Crippen LogP contribution is 2.08. The van der Waals surface area contributed by atoms with Crippen LogP contribution >= 0.6 is 0 Å². The number of aromatic nitrogens is 3. The van der Waals surface area contributed by atoms with Gasteiger partial charge in [-0.3, -0.25) is 4.79 Å². The highest BCUT2D eigenvalue weighted by Gasteiger charge is 2.05. The van der Waals surface area contributed by atoms with Crippen LogP contribution < -0.4 is 5.43 Å². The molecular weight excluding hydrogens is 214 g/mol. The van der Waals surface area contributed by atoms with Gasteiger partial charge in [0, 0.05) is 12.3 Å². The van der Waals surface area contributed by atoms with Crippen molar-refractivity contribution in [3.05, 3.63) is 64.6 Å².